The minimum Gasteiger partial charge on any atom is -0.382 e. The molecule has 1 aromatic carbocycles. The minimum atomic E-state index is -1.25. The van der Waals surface area contributed by atoms with Crippen LogP contribution in [0.25, 0.3) is 0 Å². The van der Waals surface area contributed by atoms with Crippen LogP contribution >= 0.6 is 0 Å². The zero-order valence-electron chi connectivity index (χ0n) is 19.8. The van der Waals surface area contributed by atoms with Crippen LogP contribution in [0.4, 0.5) is 5.69 Å². The Morgan fingerprint density at radius 1 is 1.16 bits per heavy atom. The molecule has 0 saturated heterocycles. The summed E-state index contributed by atoms with van der Waals surface area (Å²) in [6.45, 7) is 3.73. The summed E-state index contributed by atoms with van der Waals surface area (Å²) in [5.41, 5.74) is 4.89. The number of hydrogen-bond donors (Lipinski definition) is 1. The molecule has 5 atom stereocenters. The predicted molar refractivity (Wildman–Crippen MR) is 127 cm³/mol. The van der Waals surface area contributed by atoms with E-state index in [4.69, 9.17) is 0 Å². The first kappa shape index (κ1) is 21.6. The van der Waals surface area contributed by atoms with E-state index in [1.54, 1.807) is 6.92 Å². The maximum absolute atomic E-state index is 12.7. The van der Waals surface area contributed by atoms with Gasteiger partial charge in [0.1, 0.15) is 11.4 Å². The molecule has 0 aromatic heterocycles. The molecule has 1 unspecified atom stereocenters. The van der Waals surface area contributed by atoms with Gasteiger partial charge in [0, 0.05) is 44.0 Å². The molecule has 5 rings (SSSR count). The van der Waals surface area contributed by atoms with Crippen LogP contribution in [-0.2, 0) is 9.59 Å². The molecule has 0 radical (unpaired) electrons. The summed E-state index contributed by atoms with van der Waals surface area (Å²) in [5.74, 6) is 1.07. The standard InChI is InChI=1S/C28H35NO3/c1-17(30)28(32)14-13-25-23-11-7-19-15-21(31)10-12-22(19)26(23)24(16-27(25,28)2)18-5-8-20(9-6-18)29(3)4/h5-9,23-25,32H,10-16H2,1-4H3/t23-,24?,25-,27-,28-/m0/s1. The van der Waals surface area contributed by atoms with E-state index in [2.05, 4.69) is 42.2 Å². The van der Waals surface area contributed by atoms with Crippen molar-refractivity contribution >= 4 is 17.3 Å². The molecule has 3 saturated carbocycles. The van der Waals surface area contributed by atoms with Gasteiger partial charge in [-0.1, -0.05) is 30.7 Å². The van der Waals surface area contributed by atoms with Crippen LogP contribution in [0, 0.1) is 17.3 Å². The molecule has 0 spiro atoms. The van der Waals surface area contributed by atoms with Crippen LogP contribution in [0.1, 0.15) is 70.3 Å². The smallest absolute Gasteiger partial charge is 0.161 e. The second-order valence-corrected chi connectivity index (χ2v) is 10.9. The first-order valence-corrected chi connectivity index (χ1v) is 12.1. The topological polar surface area (TPSA) is 57.6 Å². The highest BCUT2D eigenvalue weighted by atomic mass is 16.3. The molecule has 3 fully saturated rings. The lowest BCUT2D eigenvalue weighted by Gasteiger charge is -2.53. The van der Waals surface area contributed by atoms with Gasteiger partial charge in [-0.2, -0.15) is 0 Å². The molecule has 4 nitrogen and oxygen atoms in total. The van der Waals surface area contributed by atoms with Crippen LogP contribution < -0.4 is 4.90 Å². The quantitative estimate of drug-likeness (QED) is 0.731. The third kappa shape index (κ3) is 2.98. The molecule has 4 aliphatic rings. The van der Waals surface area contributed by atoms with Crippen molar-refractivity contribution in [3.63, 3.8) is 0 Å². The number of fused-ring (bicyclic) bond motifs is 4. The van der Waals surface area contributed by atoms with Gasteiger partial charge < -0.3 is 10.0 Å². The molecule has 0 heterocycles. The number of nitrogens with zero attached hydrogens (tertiary/aromatic N) is 1. The van der Waals surface area contributed by atoms with Gasteiger partial charge in [-0.05, 0) is 79.7 Å². The summed E-state index contributed by atoms with van der Waals surface area (Å²) >= 11 is 0. The molecule has 0 amide bonds. The molecule has 0 aliphatic heterocycles. The van der Waals surface area contributed by atoms with Crippen molar-refractivity contribution in [1.82, 2.24) is 0 Å². The lowest BCUT2D eigenvalue weighted by molar-refractivity contribution is -0.152. The lowest BCUT2D eigenvalue weighted by Crippen LogP contribution is -2.54. The number of aliphatic hydroxyl groups is 1. The highest BCUT2D eigenvalue weighted by Crippen LogP contribution is 2.66. The van der Waals surface area contributed by atoms with Gasteiger partial charge in [-0.3, -0.25) is 9.59 Å². The normalized spacial score (nSPS) is 36.2. The molecule has 0 bridgehead atoms. The van der Waals surface area contributed by atoms with Crippen molar-refractivity contribution in [2.24, 2.45) is 17.3 Å². The molecule has 1 N–H and O–H groups in total. The summed E-state index contributed by atoms with van der Waals surface area (Å²) in [7, 11) is 4.09. The SMILES string of the molecule is CC(=O)[C@@]1(O)CC[C@H]2[C@@H]3CC=C4CC(=O)CCC4=C3C(c3ccc(N(C)C)cc3)C[C@@]21C. The Morgan fingerprint density at radius 3 is 2.53 bits per heavy atom. The van der Waals surface area contributed by atoms with Gasteiger partial charge in [0.15, 0.2) is 5.78 Å². The van der Waals surface area contributed by atoms with E-state index in [9.17, 15) is 14.7 Å². The van der Waals surface area contributed by atoms with E-state index in [1.807, 2.05) is 14.1 Å². The molecular formula is C28H35NO3. The number of ketones is 2. The van der Waals surface area contributed by atoms with Crippen molar-refractivity contribution in [1.29, 1.82) is 0 Å². The van der Waals surface area contributed by atoms with Gasteiger partial charge in [0.05, 0.1) is 0 Å². The fourth-order valence-corrected chi connectivity index (χ4v) is 7.48. The van der Waals surface area contributed by atoms with Gasteiger partial charge in [-0.15, -0.1) is 0 Å². The summed E-state index contributed by atoms with van der Waals surface area (Å²) in [4.78, 5) is 27.0. The summed E-state index contributed by atoms with van der Waals surface area (Å²) in [6.07, 6.45) is 7.48. The molecule has 32 heavy (non-hydrogen) atoms. The Balaban J connectivity index is 1.65. The zero-order valence-corrected chi connectivity index (χ0v) is 19.8. The number of carbonyl (C=O) groups excluding carboxylic acids is 2. The summed E-state index contributed by atoms with van der Waals surface area (Å²) < 4.78 is 0. The maximum Gasteiger partial charge on any atom is 0.161 e. The van der Waals surface area contributed by atoms with Crippen LogP contribution in [0.15, 0.2) is 47.1 Å². The van der Waals surface area contributed by atoms with E-state index < -0.39 is 11.0 Å². The summed E-state index contributed by atoms with van der Waals surface area (Å²) in [5, 5.41) is 11.6. The van der Waals surface area contributed by atoms with Crippen molar-refractivity contribution < 1.29 is 14.7 Å². The molecule has 4 heteroatoms. The number of Topliss-reactive ketones (excluding diaryl/α,β-unsaturated/α-hetero) is 2. The third-order valence-corrected chi connectivity index (χ3v) is 9.26. The van der Waals surface area contributed by atoms with Gasteiger partial charge in [0.2, 0.25) is 0 Å². The number of rotatable bonds is 3. The number of allylic oxidation sites excluding steroid dienone is 4. The number of hydrogen-bond acceptors (Lipinski definition) is 4. The van der Waals surface area contributed by atoms with Crippen LogP contribution in [0.3, 0.4) is 0 Å². The highest BCUT2D eigenvalue weighted by molar-refractivity contribution is 5.87. The second kappa shape index (κ2) is 7.41. The maximum atomic E-state index is 12.7. The Bertz CT molecular complexity index is 1030. The van der Waals surface area contributed by atoms with E-state index in [0.717, 1.165) is 31.4 Å². The van der Waals surface area contributed by atoms with Gasteiger partial charge in [-0.25, -0.2) is 0 Å². The van der Waals surface area contributed by atoms with E-state index in [0.29, 0.717) is 36.9 Å². The monoisotopic (exact) mass is 433 g/mol. The van der Waals surface area contributed by atoms with Crippen LogP contribution in [-0.4, -0.2) is 36.4 Å². The van der Waals surface area contributed by atoms with Crippen molar-refractivity contribution in [3.05, 3.63) is 52.6 Å². The van der Waals surface area contributed by atoms with Crippen molar-refractivity contribution in [2.75, 3.05) is 19.0 Å². The average Bonchev–Trinajstić information content (AvgIpc) is 3.04. The fraction of sp³-hybridized carbons (Fsp3) is 0.571. The summed E-state index contributed by atoms with van der Waals surface area (Å²) in [6, 6.07) is 8.78. The fourth-order valence-electron chi connectivity index (χ4n) is 7.48. The Hall–Kier alpha value is -2.20. The highest BCUT2D eigenvalue weighted by Gasteiger charge is 2.64. The number of anilines is 1. The zero-order chi connectivity index (χ0) is 22.8. The Labute approximate surface area is 191 Å². The first-order chi connectivity index (χ1) is 15.2. The lowest BCUT2D eigenvalue weighted by atomic mass is 9.51. The Morgan fingerprint density at radius 2 is 1.88 bits per heavy atom. The van der Waals surface area contributed by atoms with Gasteiger partial charge in [0.25, 0.3) is 0 Å². The average molecular weight is 434 g/mol. The van der Waals surface area contributed by atoms with E-state index in [-0.39, 0.29) is 11.7 Å². The molecular weight excluding hydrogens is 398 g/mol. The predicted octanol–water partition coefficient (Wildman–Crippen LogP) is 4.97. The molecule has 170 valence electrons. The third-order valence-electron chi connectivity index (χ3n) is 9.26. The second-order valence-electron chi connectivity index (χ2n) is 10.9. The van der Waals surface area contributed by atoms with E-state index in [1.165, 1.54) is 22.3 Å². The van der Waals surface area contributed by atoms with Crippen molar-refractivity contribution in [3.8, 4) is 0 Å². The molecule has 4 aliphatic carbocycles. The first-order valence-electron chi connectivity index (χ1n) is 12.1. The van der Waals surface area contributed by atoms with Crippen LogP contribution in [0.5, 0.6) is 0 Å². The minimum absolute atomic E-state index is 0.0874. The Kier molecular flexibility index (Phi) is 5.01. The van der Waals surface area contributed by atoms with Crippen molar-refractivity contribution in [2.45, 2.75) is 70.3 Å². The number of benzene rings is 1. The number of carbonyl (C=O) groups is 2. The molecule has 1 aromatic rings. The largest absolute Gasteiger partial charge is 0.382 e. The van der Waals surface area contributed by atoms with Gasteiger partial charge >= 0.3 is 0 Å². The van der Waals surface area contributed by atoms with E-state index >= 15 is 0 Å². The van der Waals surface area contributed by atoms with Crippen LogP contribution in [0.2, 0.25) is 0 Å².